The van der Waals surface area contributed by atoms with Gasteiger partial charge in [-0.05, 0) is 35.7 Å². The smallest absolute Gasteiger partial charge is 0.148 e. The van der Waals surface area contributed by atoms with Gasteiger partial charge in [-0.25, -0.2) is 4.98 Å². The molecule has 5 aromatic carbocycles. The number of phenols is 1. The first kappa shape index (κ1) is 26.2. The summed E-state index contributed by atoms with van der Waals surface area (Å²) < 4.78 is 2.13. The van der Waals surface area contributed by atoms with Crippen molar-refractivity contribution in [1.82, 2.24) is 14.5 Å². The molecule has 7 rings (SSSR count). The van der Waals surface area contributed by atoms with Crippen LogP contribution >= 0.6 is 0 Å². The van der Waals surface area contributed by atoms with E-state index in [0.29, 0.717) is 17.0 Å². The molecule has 0 bridgehead atoms. The van der Waals surface area contributed by atoms with Crippen LogP contribution in [0.25, 0.3) is 61.3 Å². The molecule has 7 aromatic rings. The summed E-state index contributed by atoms with van der Waals surface area (Å²) in [5.41, 5.74) is 7.23. The zero-order valence-electron chi connectivity index (χ0n) is 21.6. The maximum absolute atomic E-state index is 10.9. The fraction of sp³-hybridized carbons (Fsp3) is 0. The Morgan fingerprint density at radius 1 is 0.732 bits per heavy atom. The molecular formula is C35H21N4OPt-. The van der Waals surface area contributed by atoms with Gasteiger partial charge in [0.1, 0.15) is 17.6 Å². The first-order chi connectivity index (χ1) is 19.7. The molecule has 0 amide bonds. The Labute approximate surface area is 251 Å². The fourth-order valence-corrected chi connectivity index (χ4v) is 5.20. The Morgan fingerprint density at radius 2 is 1.46 bits per heavy atom. The van der Waals surface area contributed by atoms with Crippen molar-refractivity contribution in [2.24, 2.45) is 0 Å². The van der Waals surface area contributed by atoms with E-state index in [1.807, 2.05) is 72.8 Å². The van der Waals surface area contributed by atoms with Crippen molar-refractivity contribution in [2.45, 2.75) is 0 Å². The van der Waals surface area contributed by atoms with Gasteiger partial charge in [0.2, 0.25) is 0 Å². The topological polar surface area (TPSA) is 74.7 Å². The molecule has 0 aliphatic carbocycles. The van der Waals surface area contributed by atoms with E-state index >= 15 is 0 Å². The SMILES string of the molecule is N#Cc1ccc(-c2[c-]c(-c3cccc4c3nc(-c3ccccc3O)n4-c3cccc4ccccc34)ccc2)nc1.[Pt]. The molecule has 198 valence electrons. The minimum atomic E-state index is 0. The number of hydrogen-bond acceptors (Lipinski definition) is 4. The van der Waals surface area contributed by atoms with Crippen LogP contribution in [0.5, 0.6) is 5.75 Å². The van der Waals surface area contributed by atoms with Crippen molar-refractivity contribution in [3.8, 4) is 51.3 Å². The minimum Gasteiger partial charge on any atom is -0.507 e. The van der Waals surface area contributed by atoms with Crippen LogP contribution in [-0.2, 0) is 21.1 Å². The monoisotopic (exact) mass is 708 g/mol. The molecule has 5 nitrogen and oxygen atoms in total. The molecule has 0 saturated heterocycles. The zero-order valence-corrected chi connectivity index (χ0v) is 23.9. The van der Waals surface area contributed by atoms with Crippen LogP contribution in [0, 0.1) is 17.4 Å². The van der Waals surface area contributed by atoms with Crippen LogP contribution in [-0.4, -0.2) is 19.6 Å². The standard InChI is InChI=1S/C35H21N4O.Pt/c36-21-23-18-19-30(37-22-23)26-11-5-10-25(20-26)28-14-7-16-32-34(28)38-35(29-13-3-4-17-33(29)40)39(32)31-15-6-9-24-8-1-2-12-27(24)31;/h1-19,22,40H;/q-1;. The second-order valence-corrected chi connectivity index (χ2v) is 9.48. The van der Waals surface area contributed by atoms with Crippen LogP contribution in [0.15, 0.2) is 121 Å². The van der Waals surface area contributed by atoms with E-state index in [2.05, 4.69) is 52.0 Å². The Hall–Kier alpha value is -5.04. The third-order valence-corrected chi connectivity index (χ3v) is 7.09. The summed E-state index contributed by atoms with van der Waals surface area (Å²) in [5, 5.41) is 22.2. The maximum Gasteiger partial charge on any atom is 0.148 e. The summed E-state index contributed by atoms with van der Waals surface area (Å²) in [6.45, 7) is 0. The third kappa shape index (κ3) is 4.59. The quantitative estimate of drug-likeness (QED) is 0.189. The van der Waals surface area contributed by atoms with Gasteiger partial charge >= 0.3 is 0 Å². The molecule has 0 saturated carbocycles. The van der Waals surface area contributed by atoms with Crippen molar-refractivity contribution in [3.05, 3.63) is 133 Å². The van der Waals surface area contributed by atoms with Crippen molar-refractivity contribution >= 4 is 21.8 Å². The van der Waals surface area contributed by atoms with Crippen molar-refractivity contribution in [2.75, 3.05) is 0 Å². The summed E-state index contributed by atoms with van der Waals surface area (Å²) in [6, 6.07) is 43.1. The van der Waals surface area contributed by atoms with Crippen LogP contribution in [0.3, 0.4) is 0 Å². The molecule has 0 atom stereocenters. The molecule has 0 unspecified atom stereocenters. The molecule has 41 heavy (non-hydrogen) atoms. The number of benzene rings is 5. The Kier molecular flexibility index (Phi) is 6.93. The van der Waals surface area contributed by atoms with Crippen molar-refractivity contribution < 1.29 is 26.2 Å². The van der Waals surface area contributed by atoms with E-state index in [1.54, 1.807) is 18.3 Å². The van der Waals surface area contributed by atoms with E-state index in [0.717, 1.165) is 49.9 Å². The van der Waals surface area contributed by atoms with Gasteiger partial charge in [0, 0.05) is 38.3 Å². The second-order valence-electron chi connectivity index (χ2n) is 9.48. The molecule has 0 aliphatic heterocycles. The number of nitriles is 1. The van der Waals surface area contributed by atoms with Crippen LogP contribution in [0.4, 0.5) is 0 Å². The number of aromatic nitrogens is 3. The summed E-state index contributed by atoms with van der Waals surface area (Å²) in [5.74, 6) is 0.822. The maximum atomic E-state index is 10.9. The van der Waals surface area contributed by atoms with E-state index < -0.39 is 0 Å². The van der Waals surface area contributed by atoms with Crippen molar-refractivity contribution in [1.29, 1.82) is 5.26 Å². The number of nitrogens with zero attached hydrogens (tertiary/aromatic N) is 4. The van der Waals surface area contributed by atoms with E-state index in [4.69, 9.17) is 10.2 Å². The summed E-state index contributed by atoms with van der Waals surface area (Å²) in [7, 11) is 0. The van der Waals surface area contributed by atoms with Gasteiger partial charge in [0.05, 0.1) is 27.8 Å². The number of imidazole rings is 1. The molecular weight excluding hydrogens is 687 g/mol. The second kappa shape index (κ2) is 10.8. The fourth-order valence-electron chi connectivity index (χ4n) is 5.20. The largest absolute Gasteiger partial charge is 0.507 e. The molecule has 0 aliphatic rings. The molecule has 2 aromatic heterocycles. The van der Waals surface area contributed by atoms with E-state index in [1.165, 1.54) is 0 Å². The van der Waals surface area contributed by atoms with E-state index in [9.17, 15) is 5.11 Å². The molecule has 1 N–H and O–H groups in total. The average Bonchev–Trinajstić information content (AvgIpc) is 3.40. The number of hydrogen-bond donors (Lipinski definition) is 1. The Balaban J connectivity index is 0.00000302. The number of pyridine rings is 1. The van der Waals surface area contributed by atoms with Gasteiger partial charge in [0.15, 0.2) is 0 Å². The summed E-state index contributed by atoms with van der Waals surface area (Å²) >= 11 is 0. The van der Waals surface area contributed by atoms with Crippen molar-refractivity contribution in [3.63, 3.8) is 0 Å². The minimum absolute atomic E-state index is 0. The molecule has 6 heteroatoms. The molecule has 0 fully saturated rings. The number of rotatable bonds is 4. The third-order valence-electron chi connectivity index (χ3n) is 7.09. The number of para-hydroxylation sites is 2. The normalized spacial score (nSPS) is 10.8. The molecule has 0 spiro atoms. The van der Waals surface area contributed by atoms with Gasteiger partial charge in [0.25, 0.3) is 0 Å². The Bertz CT molecular complexity index is 2090. The summed E-state index contributed by atoms with van der Waals surface area (Å²) in [6.07, 6.45) is 1.57. The van der Waals surface area contributed by atoms with Gasteiger partial charge in [-0.1, -0.05) is 77.9 Å². The molecule has 2 heterocycles. The number of fused-ring (bicyclic) bond motifs is 2. The van der Waals surface area contributed by atoms with Gasteiger partial charge in [-0.2, -0.15) is 5.26 Å². The van der Waals surface area contributed by atoms with Crippen LogP contribution in [0.2, 0.25) is 0 Å². The number of aromatic hydroxyl groups is 1. The van der Waals surface area contributed by atoms with Gasteiger partial charge in [-0.3, -0.25) is 9.55 Å². The molecule has 0 radical (unpaired) electrons. The zero-order chi connectivity index (χ0) is 27.1. The van der Waals surface area contributed by atoms with Gasteiger partial charge < -0.3 is 5.11 Å². The summed E-state index contributed by atoms with van der Waals surface area (Å²) in [4.78, 5) is 9.61. The predicted octanol–water partition coefficient (Wildman–Crippen LogP) is 7.95. The number of phenolic OH excluding ortho intramolecular Hbond substituents is 1. The van der Waals surface area contributed by atoms with Gasteiger partial charge in [-0.15, -0.1) is 29.8 Å². The van der Waals surface area contributed by atoms with Crippen LogP contribution in [0.1, 0.15) is 5.56 Å². The van der Waals surface area contributed by atoms with Crippen LogP contribution < -0.4 is 0 Å². The predicted molar refractivity (Wildman–Crippen MR) is 158 cm³/mol. The first-order valence-corrected chi connectivity index (χ1v) is 12.9. The average molecular weight is 709 g/mol. The first-order valence-electron chi connectivity index (χ1n) is 12.9. The Morgan fingerprint density at radius 3 is 2.29 bits per heavy atom. The van der Waals surface area contributed by atoms with E-state index in [-0.39, 0.29) is 26.8 Å².